The van der Waals surface area contributed by atoms with Crippen LogP contribution in [0.3, 0.4) is 0 Å². The van der Waals surface area contributed by atoms with Crippen molar-refractivity contribution in [1.82, 2.24) is 4.90 Å². The van der Waals surface area contributed by atoms with Crippen LogP contribution < -0.4 is 4.74 Å². The van der Waals surface area contributed by atoms with Gasteiger partial charge in [-0.05, 0) is 54.8 Å². The van der Waals surface area contributed by atoms with Gasteiger partial charge < -0.3 is 4.74 Å². The zero-order valence-corrected chi connectivity index (χ0v) is 18.3. The van der Waals surface area contributed by atoms with Crippen LogP contribution in [0.25, 0.3) is 6.08 Å². The Kier molecular flexibility index (Phi) is 6.73. The van der Waals surface area contributed by atoms with Crippen molar-refractivity contribution in [3.8, 4) is 11.8 Å². The molecule has 1 aliphatic carbocycles. The molecule has 0 N–H and O–H groups in total. The largest absolute Gasteiger partial charge is 0.478 e. The number of thioether (sulfide) groups is 1. The number of aliphatic imine (C=N–C) groups is 1. The molecule has 6 heteroatoms. The molecular formula is C25H25N3O2S. The highest BCUT2D eigenvalue weighted by atomic mass is 32.2. The third-order valence-electron chi connectivity index (χ3n) is 5.71. The summed E-state index contributed by atoms with van der Waals surface area (Å²) in [6.45, 7) is 2.20. The normalized spacial score (nSPS) is 23.9. The molecule has 2 atom stereocenters. The summed E-state index contributed by atoms with van der Waals surface area (Å²) in [5.41, 5.74) is 1.62. The summed E-state index contributed by atoms with van der Waals surface area (Å²) in [6, 6.07) is 19.4. The van der Waals surface area contributed by atoms with Crippen LogP contribution in [0.2, 0.25) is 0 Å². The van der Waals surface area contributed by atoms with Crippen molar-refractivity contribution in [2.45, 2.75) is 38.6 Å². The first kappa shape index (κ1) is 21.2. The van der Waals surface area contributed by atoms with Gasteiger partial charge in [0.2, 0.25) is 0 Å². The lowest BCUT2D eigenvalue weighted by Gasteiger charge is -2.35. The molecule has 2 fully saturated rings. The topological polar surface area (TPSA) is 65.7 Å². The molecule has 0 unspecified atom stereocenters. The van der Waals surface area contributed by atoms with Gasteiger partial charge in [0.15, 0.2) is 11.8 Å². The minimum Gasteiger partial charge on any atom is -0.478 e. The van der Waals surface area contributed by atoms with Gasteiger partial charge in [0.25, 0.3) is 5.91 Å². The number of ether oxygens (including phenoxy) is 1. The lowest BCUT2D eigenvalue weighted by atomic mass is 9.85. The van der Waals surface area contributed by atoms with Crippen LogP contribution in [0.1, 0.15) is 38.2 Å². The van der Waals surface area contributed by atoms with E-state index in [0.29, 0.717) is 16.6 Å². The SMILES string of the molecule is C[C@@H]1CCCC[C@@H]1N1C(=O)/C(=C/c2ccccc2OCC#N)SC1=Nc1ccccc1. The maximum absolute atomic E-state index is 13.5. The first-order valence-corrected chi connectivity index (χ1v) is 11.4. The minimum atomic E-state index is -0.0340. The van der Waals surface area contributed by atoms with Crippen LogP contribution in [0.4, 0.5) is 5.69 Å². The second kappa shape index (κ2) is 9.84. The molecule has 2 aromatic carbocycles. The molecule has 4 rings (SSSR count). The van der Waals surface area contributed by atoms with Crippen LogP contribution in [0, 0.1) is 17.2 Å². The van der Waals surface area contributed by atoms with Crippen molar-refractivity contribution in [3.63, 3.8) is 0 Å². The van der Waals surface area contributed by atoms with Crippen molar-refractivity contribution in [2.24, 2.45) is 10.9 Å². The number of nitriles is 1. The third kappa shape index (κ3) is 4.83. The zero-order valence-electron chi connectivity index (χ0n) is 17.5. The van der Waals surface area contributed by atoms with Gasteiger partial charge in [-0.25, -0.2) is 4.99 Å². The Balaban J connectivity index is 1.71. The van der Waals surface area contributed by atoms with E-state index in [1.165, 1.54) is 18.2 Å². The summed E-state index contributed by atoms with van der Waals surface area (Å²) in [5.74, 6) is 1.02. The molecule has 1 saturated carbocycles. The van der Waals surface area contributed by atoms with E-state index in [-0.39, 0.29) is 18.6 Å². The molecule has 0 bridgehead atoms. The molecule has 1 heterocycles. The zero-order chi connectivity index (χ0) is 21.6. The quantitative estimate of drug-likeness (QED) is 0.564. The number of carbonyl (C=O) groups is 1. The Morgan fingerprint density at radius 1 is 1.16 bits per heavy atom. The number of benzene rings is 2. The summed E-state index contributed by atoms with van der Waals surface area (Å²) < 4.78 is 5.54. The molecule has 0 radical (unpaired) electrons. The highest BCUT2D eigenvalue weighted by Crippen LogP contribution is 2.40. The van der Waals surface area contributed by atoms with Crippen LogP contribution >= 0.6 is 11.8 Å². The van der Waals surface area contributed by atoms with Gasteiger partial charge in [-0.2, -0.15) is 5.26 Å². The number of amides is 1. The van der Waals surface area contributed by atoms with Gasteiger partial charge in [0, 0.05) is 11.6 Å². The maximum atomic E-state index is 13.5. The molecule has 2 aliphatic rings. The van der Waals surface area contributed by atoms with Crippen LogP contribution in [-0.2, 0) is 4.79 Å². The van der Waals surface area contributed by atoms with Gasteiger partial charge in [0.05, 0.1) is 10.6 Å². The fourth-order valence-corrected chi connectivity index (χ4v) is 5.17. The van der Waals surface area contributed by atoms with E-state index in [9.17, 15) is 4.79 Å². The summed E-state index contributed by atoms with van der Waals surface area (Å²) in [7, 11) is 0. The molecular weight excluding hydrogens is 406 g/mol. The minimum absolute atomic E-state index is 0.00600. The fraction of sp³-hybridized carbons (Fsp3) is 0.320. The molecule has 31 heavy (non-hydrogen) atoms. The number of amidine groups is 1. The highest BCUT2D eigenvalue weighted by molar-refractivity contribution is 8.18. The van der Waals surface area contributed by atoms with Crippen LogP contribution in [-0.4, -0.2) is 28.6 Å². The van der Waals surface area contributed by atoms with E-state index >= 15 is 0 Å². The van der Waals surface area contributed by atoms with Crippen molar-refractivity contribution < 1.29 is 9.53 Å². The Hall–Kier alpha value is -3.04. The molecule has 0 spiro atoms. The number of hydrogen-bond acceptors (Lipinski definition) is 5. The van der Waals surface area contributed by atoms with Gasteiger partial charge in [-0.3, -0.25) is 9.69 Å². The number of carbonyl (C=O) groups excluding carboxylic acids is 1. The number of rotatable bonds is 5. The third-order valence-corrected chi connectivity index (χ3v) is 6.70. The Labute approximate surface area is 187 Å². The molecule has 5 nitrogen and oxygen atoms in total. The predicted molar refractivity (Wildman–Crippen MR) is 125 cm³/mol. The van der Waals surface area contributed by atoms with E-state index < -0.39 is 0 Å². The van der Waals surface area contributed by atoms with Gasteiger partial charge >= 0.3 is 0 Å². The highest BCUT2D eigenvalue weighted by Gasteiger charge is 2.41. The van der Waals surface area contributed by atoms with E-state index in [2.05, 4.69) is 6.92 Å². The van der Waals surface area contributed by atoms with Crippen molar-refractivity contribution in [3.05, 3.63) is 65.1 Å². The van der Waals surface area contributed by atoms with E-state index in [0.717, 1.165) is 35.7 Å². The number of nitrogens with zero attached hydrogens (tertiary/aromatic N) is 3. The van der Waals surface area contributed by atoms with E-state index in [4.69, 9.17) is 15.0 Å². The Morgan fingerprint density at radius 2 is 1.90 bits per heavy atom. The standard InChI is InChI=1S/C25H25N3O2S/c1-18-9-5-7-13-21(18)28-24(29)23(31-25(28)27-20-11-3-2-4-12-20)17-19-10-6-8-14-22(19)30-16-15-26/h2-4,6,8,10-12,14,17-18,21H,5,7,9,13,16H2,1H3/b23-17-,27-25?/t18-,21+/m1/s1. The molecule has 2 aromatic rings. The predicted octanol–water partition coefficient (Wildman–Crippen LogP) is 5.77. The summed E-state index contributed by atoms with van der Waals surface area (Å²) in [4.78, 5) is 20.9. The molecule has 1 aliphatic heterocycles. The Bertz CT molecular complexity index is 1040. The average Bonchev–Trinajstić information content (AvgIpc) is 3.08. The van der Waals surface area contributed by atoms with Crippen molar-refractivity contribution in [1.29, 1.82) is 5.26 Å². The first-order valence-electron chi connectivity index (χ1n) is 10.6. The molecule has 158 valence electrons. The average molecular weight is 432 g/mol. The number of hydrogen-bond donors (Lipinski definition) is 0. The summed E-state index contributed by atoms with van der Waals surface area (Å²) in [6.07, 6.45) is 6.32. The lowest BCUT2D eigenvalue weighted by Crippen LogP contribution is -2.44. The molecule has 1 amide bonds. The van der Waals surface area contributed by atoms with Gasteiger partial charge in [0.1, 0.15) is 11.8 Å². The summed E-state index contributed by atoms with van der Waals surface area (Å²) in [5, 5.41) is 9.59. The summed E-state index contributed by atoms with van der Waals surface area (Å²) >= 11 is 1.41. The van der Waals surface area contributed by atoms with E-state index in [1.54, 1.807) is 0 Å². The van der Waals surface area contributed by atoms with Crippen LogP contribution in [0.5, 0.6) is 5.75 Å². The number of para-hydroxylation sites is 2. The molecule has 1 saturated heterocycles. The Morgan fingerprint density at radius 3 is 2.68 bits per heavy atom. The van der Waals surface area contributed by atoms with Gasteiger partial charge in [-0.15, -0.1) is 0 Å². The maximum Gasteiger partial charge on any atom is 0.267 e. The van der Waals surface area contributed by atoms with Crippen LogP contribution in [0.15, 0.2) is 64.5 Å². The second-order valence-electron chi connectivity index (χ2n) is 7.83. The van der Waals surface area contributed by atoms with Crippen molar-refractivity contribution in [2.75, 3.05) is 6.61 Å². The smallest absolute Gasteiger partial charge is 0.267 e. The van der Waals surface area contributed by atoms with E-state index in [1.807, 2.05) is 71.6 Å². The van der Waals surface area contributed by atoms with Gasteiger partial charge in [-0.1, -0.05) is 56.2 Å². The first-order chi connectivity index (χ1) is 15.2. The monoisotopic (exact) mass is 431 g/mol. The second-order valence-corrected chi connectivity index (χ2v) is 8.84. The lowest BCUT2D eigenvalue weighted by molar-refractivity contribution is -0.124. The molecule has 0 aromatic heterocycles. The van der Waals surface area contributed by atoms with Crippen molar-refractivity contribution >= 4 is 34.6 Å². The fourth-order valence-electron chi connectivity index (χ4n) is 4.13.